The molecule has 0 unspecified atom stereocenters. The molecule has 2 aromatic heterocycles. The number of rotatable bonds is 6. The number of carbonyl (C=O) groups is 1. The molecule has 1 N–H and O–H groups in total. The van der Waals surface area contributed by atoms with Gasteiger partial charge in [0.1, 0.15) is 11.3 Å². The number of pyridine rings is 1. The Labute approximate surface area is 153 Å². The Morgan fingerprint density at radius 2 is 2.11 bits per heavy atom. The summed E-state index contributed by atoms with van der Waals surface area (Å²) in [5.74, 6) is -0.384. The number of hydrazone groups is 1. The predicted molar refractivity (Wildman–Crippen MR) is 94.6 cm³/mol. The second-order valence-corrected chi connectivity index (χ2v) is 5.46. The van der Waals surface area contributed by atoms with E-state index in [2.05, 4.69) is 20.2 Å². The number of imidazole rings is 1. The summed E-state index contributed by atoms with van der Waals surface area (Å²) in [5.41, 5.74) is 4.56. The maximum atomic E-state index is 12.4. The zero-order valence-corrected chi connectivity index (χ0v) is 14.5. The van der Waals surface area contributed by atoms with E-state index in [4.69, 9.17) is 4.74 Å². The number of halogens is 2. The van der Waals surface area contributed by atoms with Crippen LogP contribution in [0.4, 0.5) is 8.78 Å². The number of benzene rings is 1. The third-order valence-corrected chi connectivity index (χ3v) is 3.70. The number of hydrogen-bond acceptors (Lipinski definition) is 5. The van der Waals surface area contributed by atoms with Gasteiger partial charge < -0.3 is 9.47 Å². The fourth-order valence-electron chi connectivity index (χ4n) is 2.56. The summed E-state index contributed by atoms with van der Waals surface area (Å²) in [7, 11) is 1.34. The summed E-state index contributed by atoms with van der Waals surface area (Å²) in [6.07, 6.45) is 3.10. The molecule has 0 bridgehead atoms. The van der Waals surface area contributed by atoms with E-state index in [1.807, 2.05) is 6.07 Å². The Morgan fingerprint density at radius 1 is 1.30 bits per heavy atom. The summed E-state index contributed by atoms with van der Waals surface area (Å²) >= 11 is 0. The van der Waals surface area contributed by atoms with Crippen LogP contribution in [0.2, 0.25) is 0 Å². The molecular formula is C18H16F2N4O3. The lowest BCUT2D eigenvalue weighted by Gasteiger charge is -2.09. The number of aryl methyl sites for hydroxylation is 1. The van der Waals surface area contributed by atoms with Gasteiger partial charge in [0.25, 0.3) is 5.91 Å². The molecule has 3 rings (SSSR count). The van der Waals surface area contributed by atoms with E-state index < -0.39 is 12.5 Å². The molecule has 2 heterocycles. The molecule has 140 valence electrons. The quantitative estimate of drug-likeness (QED) is 0.532. The fourth-order valence-corrected chi connectivity index (χ4v) is 2.56. The van der Waals surface area contributed by atoms with Gasteiger partial charge in [-0.25, -0.2) is 10.4 Å². The molecule has 0 saturated carbocycles. The zero-order chi connectivity index (χ0) is 19.4. The molecule has 0 aliphatic carbocycles. The van der Waals surface area contributed by atoms with Crippen molar-refractivity contribution in [2.75, 3.05) is 7.11 Å². The Hall–Kier alpha value is -3.49. The SMILES string of the molecule is COc1cc(/C=N/NC(=O)c2c(C)nc3ccccn23)ccc1OC(F)F. The second-order valence-electron chi connectivity index (χ2n) is 5.46. The minimum atomic E-state index is -2.95. The van der Waals surface area contributed by atoms with E-state index in [1.54, 1.807) is 29.7 Å². The highest BCUT2D eigenvalue weighted by atomic mass is 19.3. The molecule has 0 radical (unpaired) electrons. The van der Waals surface area contributed by atoms with Crippen LogP contribution in [0.5, 0.6) is 11.5 Å². The first-order valence-corrected chi connectivity index (χ1v) is 7.89. The molecule has 0 atom stereocenters. The van der Waals surface area contributed by atoms with Crippen LogP contribution >= 0.6 is 0 Å². The molecule has 7 nitrogen and oxygen atoms in total. The number of amides is 1. The van der Waals surface area contributed by atoms with Gasteiger partial charge in [0.15, 0.2) is 11.5 Å². The summed E-state index contributed by atoms with van der Waals surface area (Å²) in [4.78, 5) is 16.7. The smallest absolute Gasteiger partial charge is 0.387 e. The van der Waals surface area contributed by atoms with Crippen molar-refractivity contribution in [3.05, 3.63) is 59.5 Å². The minimum Gasteiger partial charge on any atom is -0.493 e. The van der Waals surface area contributed by atoms with Gasteiger partial charge >= 0.3 is 6.61 Å². The van der Waals surface area contributed by atoms with E-state index in [1.165, 1.54) is 31.5 Å². The largest absolute Gasteiger partial charge is 0.493 e. The lowest BCUT2D eigenvalue weighted by molar-refractivity contribution is -0.0512. The number of methoxy groups -OCH3 is 1. The molecule has 0 aliphatic rings. The predicted octanol–water partition coefficient (Wildman–Crippen LogP) is 3.02. The lowest BCUT2D eigenvalue weighted by atomic mass is 10.2. The van der Waals surface area contributed by atoms with Gasteiger partial charge in [-0.2, -0.15) is 13.9 Å². The summed E-state index contributed by atoms with van der Waals surface area (Å²) in [6, 6.07) is 9.73. The van der Waals surface area contributed by atoms with Gasteiger partial charge in [-0.1, -0.05) is 6.07 Å². The Balaban J connectivity index is 1.75. The van der Waals surface area contributed by atoms with Crippen molar-refractivity contribution in [2.45, 2.75) is 13.5 Å². The van der Waals surface area contributed by atoms with Crippen molar-refractivity contribution in [1.29, 1.82) is 0 Å². The molecule has 1 amide bonds. The zero-order valence-electron chi connectivity index (χ0n) is 14.5. The average Bonchev–Trinajstić information content (AvgIpc) is 2.98. The first-order valence-electron chi connectivity index (χ1n) is 7.89. The monoisotopic (exact) mass is 374 g/mol. The van der Waals surface area contributed by atoms with Gasteiger partial charge in [-0.15, -0.1) is 0 Å². The minimum absolute atomic E-state index is 0.0879. The molecular weight excluding hydrogens is 358 g/mol. The standard InChI is InChI=1S/C18H16F2N4O3/c1-11-16(24-8-4-3-5-15(24)22-11)17(25)23-21-10-12-6-7-13(27-18(19)20)14(9-12)26-2/h3-10,18H,1-2H3,(H,23,25)/b21-10+. The van der Waals surface area contributed by atoms with E-state index in [0.717, 1.165) is 0 Å². The number of aromatic nitrogens is 2. The number of ether oxygens (including phenoxy) is 2. The van der Waals surface area contributed by atoms with E-state index in [-0.39, 0.29) is 11.5 Å². The summed E-state index contributed by atoms with van der Waals surface area (Å²) < 4.78 is 35.7. The topological polar surface area (TPSA) is 77.2 Å². The average molecular weight is 374 g/mol. The molecule has 9 heteroatoms. The molecule has 0 aliphatic heterocycles. The summed E-state index contributed by atoms with van der Waals surface area (Å²) in [6.45, 7) is -1.22. The van der Waals surface area contributed by atoms with Crippen molar-refractivity contribution in [3.63, 3.8) is 0 Å². The van der Waals surface area contributed by atoms with Crippen LogP contribution in [0.15, 0.2) is 47.7 Å². The molecule has 27 heavy (non-hydrogen) atoms. The third kappa shape index (κ3) is 4.02. The molecule has 3 aromatic rings. The lowest BCUT2D eigenvalue weighted by Crippen LogP contribution is -2.20. The van der Waals surface area contributed by atoms with Gasteiger partial charge in [0.2, 0.25) is 0 Å². The van der Waals surface area contributed by atoms with E-state index in [9.17, 15) is 13.6 Å². The van der Waals surface area contributed by atoms with Crippen LogP contribution in [0, 0.1) is 6.92 Å². The third-order valence-electron chi connectivity index (χ3n) is 3.70. The van der Waals surface area contributed by atoms with Crippen LogP contribution in [-0.4, -0.2) is 35.2 Å². The molecule has 0 fully saturated rings. The number of alkyl halides is 2. The van der Waals surface area contributed by atoms with Gasteiger partial charge in [-0.3, -0.25) is 9.20 Å². The van der Waals surface area contributed by atoms with Crippen molar-refractivity contribution >= 4 is 17.8 Å². The Bertz CT molecular complexity index is 1000. The van der Waals surface area contributed by atoms with Gasteiger partial charge in [0, 0.05) is 6.20 Å². The Morgan fingerprint density at radius 3 is 2.85 bits per heavy atom. The van der Waals surface area contributed by atoms with Crippen LogP contribution in [-0.2, 0) is 0 Å². The maximum Gasteiger partial charge on any atom is 0.387 e. The van der Waals surface area contributed by atoms with Crippen molar-refractivity contribution in [2.24, 2.45) is 5.10 Å². The van der Waals surface area contributed by atoms with Gasteiger partial charge in [0.05, 0.1) is 19.0 Å². The number of carbonyl (C=O) groups excluding carboxylic acids is 1. The van der Waals surface area contributed by atoms with E-state index in [0.29, 0.717) is 22.6 Å². The fraction of sp³-hybridized carbons (Fsp3) is 0.167. The highest BCUT2D eigenvalue weighted by molar-refractivity contribution is 5.95. The first-order chi connectivity index (χ1) is 13.0. The number of nitrogens with zero attached hydrogens (tertiary/aromatic N) is 3. The molecule has 0 saturated heterocycles. The van der Waals surface area contributed by atoms with Crippen molar-refractivity contribution < 1.29 is 23.0 Å². The highest BCUT2D eigenvalue weighted by Crippen LogP contribution is 2.28. The Kier molecular flexibility index (Phi) is 5.30. The van der Waals surface area contributed by atoms with Gasteiger partial charge in [-0.05, 0) is 42.8 Å². The summed E-state index contributed by atoms with van der Waals surface area (Å²) in [5, 5.41) is 3.90. The van der Waals surface area contributed by atoms with Crippen LogP contribution in [0.25, 0.3) is 5.65 Å². The first kappa shape index (κ1) is 18.3. The molecule has 0 spiro atoms. The van der Waals surface area contributed by atoms with Crippen LogP contribution in [0.3, 0.4) is 0 Å². The maximum absolute atomic E-state index is 12.4. The van der Waals surface area contributed by atoms with Crippen molar-refractivity contribution in [1.82, 2.24) is 14.8 Å². The molecule has 1 aromatic carbocycles. The number of fused-ring (bicyclic) bond motifs is 1. The highest BCUT2D eigenvalue weighted by Gasteiger charge is 2.15. The van der Waals surface area contributed by atoms with Crippen LogP contribution in [0.1, 0.15) is 21.7 Å². The number of nitrogens with one attached hydrogen (secondary N) is 1. The van der Waals surface area contributed by atoms with Crippen molar-refractivity contribution in [3.8, 4) is 11.5 Å². The second kappa shape index (κ2) is 7.81. The van der Waals surface area contributed by atoms with E-state index >= 15 is 0 Å². The number of hydrogen-bond donors (Lipinski definition) is 1. The van der Waals surface area contributed by atoms with Crippen LogP contribution < -0.4 is 14.9 Å². The normalized spacial score (nSPS) is 11.3.